The van der Waals surface area contributed by atoms with Crippen molar-refractivity contribution >= 4 is 0 Å². The maximum Gasteiger partial charge on any atom is 0.0693 e. The standard InChI is InChI=1S/C30H52O4/c1-25(2)12-9-13-30(8,34-25)18-10-15-28(6)23(18)19(31)16-21-27(5)14-11-22(33)26(3,4)24(27)20(32)17-29(21,28)7/h18-24,31-33H,9-17H2,1-8H3/t18-,19-,20-,21-,22+,23+,24+,27+,28-,29+,30-/m1/s1. The summed E-state index contributed by atoms with van der Waals surface area (Å²) in [7, 11) is 0. The Kier molecular flexibility index (Phi) is 5.59. The molecular formula is C30H52O4. The first-order valence-corrected chi connectivity index (χ1v) is 14.3. The van der Waals surface area contributed by atoms with E-state index in [0.29, 0.717) is 11.8 Å². The van der Waals surface area contributed by atoms with Crippen LogP contribution in [0, 0.1) is 45.3 Å². The van der Waals surface area contributed by atoms with Gasteiger partial charge in [0.05, 0.1) is 29.5 Å². The van der Waals surface area contributed by atoms with Crippen molar-refractivity contribution < 1.29 is 20.1 Å². The average molecular weight is 477 g/mol. The summed E-state index contributed by atoms with van der Waals surface area (Å²) in [5.41, 5.74) is -0.739. The number of rotatable bonds is 1. The molecule has 196 valence electrons. The van der Waals surface area contributed by atoms with Crippen LogP contribution in [0.4, 0.5) is 0 Å². The third-order valence-corrected chi connectivity index (χ3v) is 13.0. The molecule has 0 spiro atoms. The van der Waals surface area contributed by atoms with Gasteiger partial charge in [0.1, 0.15) is 0 Å². The Morgan fingerprint density at radius 3 is 2.06 bits per heavy atom. The lowest BCUT2D eigenvalue weighted by molar-refractivity contribution is -0.279. The van der Waals surface area contributed by atoms with E-state index in [1.54, 1.807) is 0 Å². The van der Waals surface area contributed by atoms with Gasteiger partial charge in [-0.3, -0.25) is 0 Å². The van der Waals surface area contributed by atoms with Gasteiger partial charge in [0, 0.05) is 0 Å². The van der Waals surface area contributed by atoms with E-state index >= 15 is 0 Å². The number of aliphatic hydroxyl groups is 3. The third-order valence-electron chi connectivity index (χ3n) is 13.0. The maximum atomic E-state index is 11.9. The van der Waals surface area contributed by atoms with Gasteiger partial charge in [-0.05, 0) is 124 Å². The molecule has 0 aromatic heterocycles. The highest BCUT2D eigenvalue weighted by Gasteiger charge is 2.73. The van der Waals surface area contributed by atoms with Crippen molar-refractivity contribution in [3.63, 3.8) is 0 Å². The Bertz CT molecular complexity index is 823. The van der Waals surface area contributed by atoms with Crippen LogP contribution in [0.1, 0.15) is 113 Å². The number of hydrogen-bond acceptors (Lipinski definition) is 4. The van der Waals surface area contributed by atoms with Gasteiger partial charge in [-0.15, -0.1) is 0 Å². The molecule has 4 saturated carbocycles. The third kappa shape index (κ3) is 3.16. The van der Waals surface area contributed by atoms with E-state index in [1.807, 2.05) is 0 Å². The molecule has 4 nitrogen and oxygen atoms in total. The molecule has 0 unspecified atom stereocenters. The Hall–Kier alpha value is -0.160. The summed E-state index contributed by atoms with van der Waals surface area (Å²) in [6.07, 6.45) is 7.79. The molecule has 1 saturated heterocycles. The van der Waals surface area contributed by atoms with Gasteiger partial charge in [0.25, 0.3) is 0 Å². The first-order chi connectivity index (χ1) is 15.5. The van der Waals surface area contributed by atoms with E-state index in [1.165, 1.54) is 6.42 Å². The molecule has 11 atom stereocenters. The second kappa shape index (κ2) is 7.45. The Balaban J connectivity index is 1.54. The van der Waals surface area contributed by atoms with Gasteiger partial charge >= 0.3 is 0 Å². The van der Waals surface area contributed by atoms with Crippen molar-refractivity contribution in [2.24, 2.45) is 45.3 Å². The summed E-state index contributed by atoms with van der Waals surface area (Å²) in [5, 5.41) is 34.6. The molecule has 4 aliphatic carbocycles. The highest BCUT2D eigenvalue weighted by atomic mass is 16.5. The van der Waals surface area contributed by atoms with E-state index in [2.05, 4.69) is 55.4 Å². The van der Waals surface area contributed by atoms with Crippen molar-refractivity contribution in [2.75, 3.05) is 0 Å². The molecule has 5 rings (SSSR count). The van der Waals surface area contributed by atoms with E-state index in [-0.39, 0.29) is 56.9 Å². The summed E-state index contributed by atoms with van der Waals surface area (Å²) in [4.78, 5) is 0. The van der Waals surface area contributed by atoms with Gasteiger partial charge in [-0.25, -0.2) is 0 Å². The van der Waals surface area contributed by atoms with Crippen molar-refractivity contribution in [2.45, 2.75) is 143 Å². The van der Waals surface area contributed by atoms with Gasteiger partial charge in [0.2, 0.25) is 0 Å². The minimum Gasteiger partial charge on any atom is -0.393 e. The molecular weight excluding hydrogens is 424 g/mol. The molecule has 4 heteroatoms. The Labute approximate surface area is 208 Å². The largest absolute Gasteiger partial charge is 0.393 e. The normalized spacial score (nSPS) is 58.5. The number of hydrogen-bond donors (Lipinski definition) is 3. The maximum absolute atomic E-state index is 11.9. The van der Waals surface area contributed by atoms with Crippen LogP contribution in [0.3, 0.4) is 0 Å². The zero-order chi connectivity index (χ0) is 25.1. The lowest BCUT2D eigenvalue weighted by Crippen LogP contribution is -2.70. The molecule has 0 radical (unpaired) electrons. The summed E-state index contributed by atoms with van der Waals surface area (Å²) in [6, 6.07) is 0. The second-order valence-corrected chi connectivity index (χ2v) is 15.5. The molecule has 0 aromatic carbocycles. The van der Waals surface area contributed by atoms with Crippen LogP contribution < -0.4 is 0 Å². The van der Waals surface area contributed by atoms with Crippen molar-refractivity contribution in [3.8, 4) is 0 Å². The fraction of sp³-hybridized carbons (Fsp3) is 1.00. The highest BCUT2D eigenvalue weighted by Crippen LogP contribution is 2.76. The zero-order valence-corrected chi connectivity index (χ0v) is 23.2. The van der Waals surface area contributed by atoms with Crippen LogP contribution in [0.15, 0.2) is 0 Å². The fourth-order valence-electron chi connectivity index (χ4n) is 11.5. The van der Waals surface area contributed by atoms with Crippen molar-refractivity contribution in [1.29, 1.82) is 0 Å². The first kappa shape index (κ1) is 25.5. The fourth-order valence-corrected chi connectivity index (χ4v) is 11.5. The number of aliphatic hydroxyl groups excluding tert-OH is 3. The topological polar surface area (TPSA) is 69.9 Å². The van der Waals surface area contributed by atoms with Gasteiger partial charge in [0.15, 0.2) is 0 Å². The minimum absolute atomic E-state index is 0.0247. The average Bonchev–Trinajstić information content (AvgIpc) is 3.07. The SMILES string of the molecule is CC1(C)CCC[C@](C)([C@@H]2CC[C@]3(C)[C@@H]2[C@H](O)C[C@@H]2[C@]4(C)CC[C@H](O)C(C)(C)[C@@H]4[C@H](O)C[C@@]23C)O1. The van der Waals surface area contributed by atoms with Crippen molar-refractivity contribution in [3.05, 3.63) is 0 Å². The summed E-state index contributed by atoms with van der Waals surface area (Å²) >= 11 is 0. The quantitative estimate of drug-likeness (QED) is 0.453. The van der Waals surface area contributed by atoms with Crippen molar-refractivity contribution in [1.82, 2.24) is 0 Å². The predicted molar refractivity (Wildman–Crippen MR) is 135 cm³/mol. The van der Waals surface area contributed by atoms with Crippen LogP contribution in [0.5, 0.6) is 0 Å². The van der Waals surface area contributed by atoms with E-state index < -0.39 is 6.10 Å². The van der Waals surface area contributed by atoms with E-state index in [4.69, 9.17) is 4.74 Å². The zero-order valence-electron chi connectivity index (χ0n) is 23.2. The van der Waals surface area contributed by atoms with Crippen LogP contribution in [0.2, 0.25) is 0 Å². The van der Waals surface area contributed by atoms with E-state index in [9.17, 15) is 15.3 Å². The Morgan fingerprint density at radius 1 is 0.735 bits per heavy atom. The molecule has 3 N–H and O–H groups in total. The first-order valence-electron chi connectivity index (χ1n) is 14.3. The second-order valence-electron chi connectivity index (χ2n) is 15.5. The summed E-state index contributed by atoms with van der Waals surface area (Å²) in [6.45, 7) is 18.4. The van der Waals surface area contributed by atoms with Gasteiger partial charge < -0.3 is 20.1 Å². The van der Waals surface area contributed by atoms with E-state index in [0.717, 1.165) is 51.4 Å². The van der Waals surface area contributed by atoms with Gasteiger partial charge in [-0.2, -0.15) is 0 Å². The molecule has 1 heterocycles. The lowest BCUT2D eigenvalue weighted by Gasteiger charge is -2.71. The van der Waals surface area contributed by atoms with Crippen LogP contribution in [-0.4, -0.2) is 44.8 Å². The molecule has 0 aromatic rings. The lowest BCUT2D eigenvalue weighted by atomic mass is 9.34. The van der Waals surface area contributed by atoms with Gasteiger partial charge in [-0.1, -0.05) is 34.6 Å². The summed E-state index contributed by atoms with van der Waals surface area (Å²) < 4.78 is 6.83. The number of ether oxygens (including phenoxy) is 1. The minimum atomic E-state index is -0.414. The molecule has 0 amide bonds. The van der Waals surface area contributed by atoms with Crippen LogP contribution in [0.25, 0.3) is 0 Å². The highest BCUT2D eigenvalue weighted by molar-refractivity contribution is 5.21. The molecule has 5 aliphatic rings. The molecule has 0 bridgehead atoms. The Morgan fingerprint density at radius 2 is 1.41 bits per heavy atom. The van der Waals surface area contributed by atoms with Crippen LogP contribution >= 0.6 is 0 Å². The monoisotopic (exact) mass is 476 g/mol. The number of fused-ring (bicyclic) bond motifs is 5. The molecule has 34 heavy (non-hydrogen) atoms. The molecule has 1 aliphatic heterocycles. The predicted octanol–water partition coefficient (Wildman–Crippen LogP) is 5.71. The summed E-state index contributed by atoms with van der Waals surface area (Å²) in [5.74, 6) is 0.984. The van der Waals surface area contributed by atoms with Crippen LogP contribution in [-0.2, 0) is 4.74 Å². The smallest absolute Gasteiger partial charge is 0.0693 e. The molecule has 5 fully saturated rings.